The van der Waals surface area contributed by atoms with Crippen LogP contribution in [0.25, 0.3) is 0 Å². The lowest BCUT2D eigenvalue weighted by Gasteiger charge is -2.32. The molecule has 92 valence electrons. The Morgan fingerprint density at radius 1 is 1.31 bits per heavy atom. The molecule has 0 aromatic carbocycles. The zero-order valence-corrected chi connectivity index (χ0v) is 9.06. The Bertz CT molecular complexity index is 275. The third-order valence-corrected chi connectivity index (χ3v) is 3.39. The topological polar surface area (TPSA) is 127 Å². The van der Waals surface area contributed by atoms with Crippen LogP contribution in [0.3, 0.4) is 0 Å². The fourth-order valence-electron chi connectivity index (χ4n) is 1.80. The Kier molecular flexibility index (Phi) is 3.88. The first-order valence-corrected chi connectivity index (χ1v) is 5.39. The van der Waals surface area contributed by atoms with Gasteiger partial charge in [-0.15, -0.1) is 0 Å². The van der Waals surface area contributed by atoms with Gasteiger partial charge in [0.1, 0.15) is 0 Å². The van der Waals surface area contributed by atoms with E-state index in [2.05, 4.69) is 0 Å². The number of carboxylic acids is 2. The van der Waals surface area contributed by atoms with Crippen molar-refractivity contribution in [2.75, 3.05) is 0 Å². The molecule has 1 aliphatic carbocycles. The van der Waals surface area contributed by atoms with Crippen molar-refractivity contribution in [1.29, 1.82) is 0 Å². The number of hydrogen-bond donors (Lipinski definition) is 4. The summed E-state index contributed by atoms with van der Waals surface area (Å²) in [5, 5.41) is 17.6. The van der Waals surface area contributed by atoms with Crippen molar-refractivity contribution in [2.24, 2.45) is 17.4 Å². The van der Waals surface area contributed by atoms with Gasteiger partial charge in [0.05, 0.1) is 0 Å². The Morgan fingerprint density at radius 2 is 1.81 bits per heavy atom. The van der Waals surface area contributed by atoms with Crippen molar-refractivity contribution in [3.8, 4) is 0 Å². The second-order valence-electron chi connectivity index (χ2n) is 4.48. The predicted molar refractivity (Wildman–Crippen MR) is 56.7 cm³/mol. The minimum atomic E-state index is -2.21. The number of aliphatic carboxylic acids is 2. The van der Waals surface area contributed by atoms with Crippen LogP contribution in [-0.4, -0.2) is 33.7 Å². The molecular weight excluding hydrogens is 212 g/mol. The van der Waals surface area contributed by atoms with E-state index in [0.717, 1.165) is 19.3 Å². The minimum absolute atomic E-state index is 0.130. The van der Waals surface area contributed by atoms with E-state index in [-0.39, 0.29) is 12.5 Å². The minimum Gasteiger partial charge on any atom is -0.479 e. The molecule has 6 nitrogen and oxygen atoms in total. The van der Waals surface area contributed by atoms with Crippen LogP contribution in [0.1, 0.15) is 32.1 Å². The lowest BCUT2D eigenvalue weighted by atomic mass is 9.77. The quantitative estimate of drug-likeness (QED) is 0.466. The summed E-state index contributed by atoms with van der Waals surface area (Å²) in [4.78, 5) is 21.6. The maximum Gasteiger partial charge on any atom is 0.335 e. The van der Waals surface area contributed by atoms with Gasteiger partial charge in [-0.2, -0.15) is 0 Å². The van der Waals surface area contributed by atoms with Crippen LogP contribution >= 0.6 is 0 Å². The van der Waals surface area contributed by atoms with Crippen molar-refractivity contribution in [3.63, 3.8) is 0 Å². The number of rotatable bonds is 6. The van der Waals surface area contributed by atoms with Gasteiger partial charge in [0.25, 0.3) is 0 Å². The summed E-state index contributed by atoms with van der Waals surface area (Å²) in [5.41, 5.74) is 8.97. The molecule has 1 aliphatic rings. The molecule has 0 aromatic heterocycles. The summed E-state index contributed by atoms with van der Waals surface area (Å²) in [7, 11) is 0. The maximum atomic E-state index is 10.8. The number of carboxylic acid groups (broad SMARTS) is 2. The molecule has 0 spiro atoms. The van der Waals surface area contributed by atoms with Gasteiger partial charge in [0.2, 0.25) is 5.54 Å². The van der Waals surface area contributed by atoms with Gasteiger partial charge in [0, 0.05) is 6.04 Å². The van der Waals surface area contributed by atoms with Crippen molar-refractivity contribution < 1.29 is 19.8 Å². The standard InChI is InChI=1S/C10H18N2O4/c11-7(6-2-1-3-6)4-5-10(12,8(13)14)9(15)16/h6-7H,1-5,11-12H2,(H,13,14)(H,15,16). The lowest BCUT2D eigenvalue weighted by Crippen LogP contribution is -2.55. The van der Waals surface area contributed by atoms with Crippen molar-refractivity contribution in [2.45, 2.75) is 43.7 Å². The highest BCUT2D eigenvalue weighted by Gasteiger charge is 2.43. The summed E-state index contributed by atoms with van der Waals surface area (Å²) in [5.74, 6) is -2.63. The molecule has 0 aromatic rings. The van der Waals surface area contributed by atoms with Crippen LogP contribution in [0.2, 0.25) is 0 Å². The van der Waals surface area contributed by atoms with Gasteiger partial charge >= 0.3 is 11.9 Å². The Balaban J connectivity index is 2.49. The average Bonchev–Trinajstić information content (AvgIpc) is 2.10. The molecule has 6 N–H and O–H groups in total. The van der Waals surface area contributed by atoms with Crippen LogP contribution in [0, 0.1) is 5.92 Å². The summed E-state index contributed by atoms with van der Waals surface area (Å²) in [6.07, 6.45) is 3.43. The van der Waals surface area contributed by atoms with E-state index in [9.17, 15) is 9.59 Å². The molecule has 0 radical (unpaired) electrons. The van der Waals surface area contributed by atoms with Crippen molar-refractivity contribution in [3.05, 3.63) is 0 Å². The second kappa shape index (κ2) is 4.80. The zero-order chi connectivity index (χ0) is 12.3. The molecule has 1 fully saturated rings. The van der Waals surface area contributed by atoms with Gasteiger partial charge in [-0.3, -0.25) is 0 Å². The molecule has 1 unspecified atom stereocenters. The highest BCUT2D eigenvalue weighted by Crippen LogP contribution is 2.31. The molecule has 1 saturated carbocycles. The van der Waals surface area contributed by atoms with Crippen molar-refractivity contribution >= 4 is 11.9 Å². The Morgan fingerprint density at radius 3 is 2.12 bits per heavy atom. The van der Waals surface area contributed by atoms with Gasteiger partial charge in [-0.1, -0.05) is 6.42 Å². The Hall–Kier alpha value is -1.14. The van der Waals surface area contributed by atoms with Gasteiger partial charge < -0.3 is 21.7 Å². The van der Waals surface area contributed by atoms with Crippen LogP contribution in [0.4, 0.5) is 0 Å². The molecule has 1 rings (SSSR count). The third kappa shape index (κ3) is 2.51. The molecule has 0 amide bonds. The first-order chi connectivity index (χ1) is 7.38. The van der Waals surface area contributed by atoms with E-state index in [0.29, 0.717) is 12.3 Å². The predicted octanol–water partition coefficient (Wildman–Crippen LogP) is -0.239. The van der Waals surface area contributed by atoms with Crippen molar-refractivity contribution in [1.82, 2.24) is 0 Å². The third-order valence-electron chi connectivity index (χ3n) is 3.39. The van der Waals surface area contributed by atoms with Crippen LogP contribution in [0.5, 0.6) is 0 Å². The first-order valence-electron chi connectivity index (χ1n) is 5.39. The summed E-state index contributed by atoms with van der Waals surface area (Å²) >= 11 is 0. The lowest BCUT2D eigenvalue weighted by molar-refractivity contribution is -0.157. The fraction of sp³-hybridized carbons (Fsp3) is 0.800. The van der Waals surface area contributed by atoms with E-state index in [1.165, 1.54) is 0 Å². The highest BCUT2D eigenvalue weighted by molar-refractivity contribution is 6.02. The molecule has 0 heterocycles. The second-order valence-corrected chi connectivity index (χ2v) is 4.48. The molecule has 0 bridgehead atoms. The van der Waals surface area contributed by atoms with Gasteiger partial charge in [-0.05, 0) is 31.6 Å². The molecule has 0 saturated heterocycles. The number of nitrogens with two attached hydrogens (primary N) is 2. The molecule has 16 heavy (non-hydrogen) atoms. The molecule has 0 aliphatic heterocycles. The summed E-state index contributed by atoms with van der Waals surface area (Å²) in [6.45, 7) is 0. The highest BCUT2D eigenvalue weighted by atomic mass is 16.4. The number of hydrogen-bond acceptors (Lipinski definition) is 4. The summed E-state index contributed by atoms with van der Waals surface area (Å²) < 4.78 is 0. The first kappa shape index (κ1) is 12.9. The SMILES string of the molecule is NC(CCC(N)(C(=O)O)C(=O)O)C1CCC1. The van der Waals surface area contributed by atoms with E-state index in [1.54, 1.807) is 0 Å². The number of carbonyl (C=O) groups is 2. The normalized spacial score (nSPS) is 18.9. The monoisotopic (exact) mass is 230 g/mol. The van der Waals surface area contributed by atoms with Gasteiger partial charge in [0.15, 0.2) is 0 Å². The zero-order valence-electron chi connectivity index (χ0n) is 9.06. The van der Waals surface area contributed by atoms with Crippen LogP contribution in [-0.2, 0) is 9.59 Å². The summed E-state index contributed by atoms with van der Waals surface area (Å²) in [6, 6.07) is -0.143. The molecule has 1 atom stereocenters. The smallest absolute Gasteiger partial charge is 0.335 e. The molecule has 6 heteroatoms. The van der Waals surface area contributed by atoms with E-state index in [4.69, 9.17) is 21.7 Å². The van der Waals surface area contributed by atoms with E-state index >= 15 is 0 Å². The molecular formula is C10H18N2O4. The van der Waals surface area contributed by atoms with Crippen LogP contribution < -0.4 is 11.5 Å². The van der Waals surface area contributed by atoms with Crippen LogP contribution in [0.15, 0.2) is 0 Å². The van der Waals surface area contributed by atoms with E-state index < -0.39 is 17.5 Å². The fourth-order valence-corrected chi connectivity index (χ4v) is 1.80. The maximum absolute atomic E-state index is 10.8. The van der Waals surface area contributed by atoms with Gasteiger partial charge in [-0.25, -0.2) is 9.59 Å². The van der Waals surface area contributed by atoms with E-state index in [1.807, 2.05) is 0 Å². The largest absolute Gasteiger partial charge is 0.479 e. The average molecular weight is 230 g/mol. The Labute approximate surface area is 93.6 Å².